The van der Waals surface area contributed by atoms with Gasteiger partial charge in [-0.1, -0.05) is 88.4 Å². The van der Waals surface area contributed by atoms with Crippen LogP contribution in [0.15, 0.2) is 60.7 Å². The van der Waals surface area contributed by atoms with Gasteiger partial charge in [0.25, 0.3) is 0 Å². The van der Waals surface area contributed by atoms with Crippen LogP contribution < -0.4 is 21.7 Å². The zero-order valence-electron chi connectivity index (χ0n) is 23.5. The Hall–Kier alpha value is -3.72. The molecule has 0 radical (unpaired) electrons. The summed E-state index contributed by atoms with van der Waals surface area (Å²) in [5, 5.41) is 8.22. The average molecular weight is 539 g/mol. The lowest BCUT2D eigenvalue weighted by atomic mass is 10.0. The SMILES string of the molecule is CC(C)C[C@H](NC(=O)C(C)C(=O)N[C@H](Cc1ccccc1)NC(=O)[C@@H](N)C(C)C)C(=O)OCc1ccccc1. The number of esters is 1. The van der Waals surface area contributed by atoms with E-state index < -0.39 is 47.9 Å². The van der Waals surface area contributed by atoms with E-state index in [1.807, 2.05) is 88.4 Å². The van der Waals surface area contributed by atoms with Gasteiger partial charge in [-0.3, -0.25) is 14.4 Å². The summed E-state index contributed by atoms with van der Waals surface area (Å²) < 4.78 is 5.44. The standard InChI is InChI=1S/C30H42N4O5/c1-19(2)16-24(30(38)39-18-23-14-10-7-11-15-23)32-27(35)21(5)28(36)33-25(17-22-12-8-6-9-13-22)34-29(37)26(31)20(3)4/h6-15,19-21,24-26H,16-18,31H2,1-5H3,(H,32,35)(H,33,36)(H,34,37)/t21?,24-,25-,26-/m0/s1. The second-order valence-corrected chi connectivity index (χ2v) is 10.5. The van der Waals surface area contributed by atoms with Crippen molar-refractivity contribution in [2.45, 2.75) is 72.3 Å². The topological polar surface area (TPSA) is 140 Å². The van der Waals surface area contributed by atoms with E-state index >= 15 is 0 Å². The van der Waals surface area contributed by atoms with E-state index in [2.05, 4.69) is 16.0 Å². The number of hydrogen-bond acceptors (Lipinski definition) is 6. The number of carbonyl (C=O) groups is 4. The van der Waals surface area contributed by atoms with Crippen molar-refractivity contribution in [3.8, 4) is 0 Å². The Bertz CT molecular complexity index is 1080. The second-order valence-electron chi connectivity index (χ2n) is 10.5. The zero-order valence-corrected chi connectivity index (χ0v) is 23.5. The maximum atomic E-state index is 13.1. The minimum Gasteiger partial charge on any atom is -0.459 e. The summed E-state index contributed by atoms with van der Waals surface area (Å²) in [6, 6.07) is 16.9. The zero-order chi connectivity index (χ0) is 28.9. The van der Waals surface area contributed by atoms with E-state index in [0.717, 1.165) is 11.1 Å². The van der Waals surface area contributed by atoms with E-state index in [9.17, 15) is 19.2 Å². The van der Waals surface area contributed by atoms with Crippen LogP contribution in [0.1, 0.15) is 52.2 Å². The monoisotopic (exact) mass is 538 g/mol. The van der Waals surface area contributed by atoms with Gasteiger partial charge >= 0.3 is 5.97 Å². The lowest BCUT2D eigenvalue weighted by Crippen LogP contribution is -2.56. The highest BCUT2D eigenvalue weighted by molar-refractivity contribution is 6.01. The number of amides is 3. The Morgan fingerprint density at radius 3 is 1.79 bits per heavy atom. The molecular formula is C30H42N4O5. The fraction of sp³-hybridized carbons (Fsp3) is 0.467. The predicted molar refractivity (Wildman–Crippen MR) is 150 cm³/mol. The van der Waals surface area contributed by atoms with Gasteiger partial charge in [0, 0.05) is 6.42 Å². The van der Waals surface area contributed by atoms with Crippen LogP contribution in [0.3, 0.4) is 0 Å². The number of benzene rings is 2. The van der Waals surface area contributed by atoms with Crippen molar-refractivity contribution in [2.75, 3.05) is 0 Å². The molecule has 2 aromatic carbocycles. The molecule has 1 unspecified atom stereocenters. The molecule has 39 heavy (non-hydrogen) atoms. The summed E-state index contributed by atoms with van der Waals surface area (Å²) in [5.74, 6) is -3.30. The van der Waals surface area contributed by atoms with Gasteiger partial charge in [-0.2, -0.15) is 0 Å². The van der Waals surface area contributed by atoms with E-state index in [1.165, 1.54) is 6.92 Å². The number of nitrogens with one attached hydrogen (secondary N) is 3. The third-order valence-electron chi connectivity index (χ3n) is 6.26. The Kier molecular flexibility index (Phi) is 12.6. The van der Waals surface area contributed by atoms with E-state index in [1.54, 1.807) is 0 Å². The third-order valence-corrected chi connectivity index (χ3v) is 6.26. The van der Waals surface area contributed by atoms with E-state index in [-0.39, 0.29) is 18.4 Å². The first-order chi connectivity index (χ1) is 18.5. The lowest BCUT2D eigenvalue weighted by molar-refractivity contribution is -0.150. The van der Waals surface area contributed by atoms with Crippen molar-refractivity contribution in [1.82, 2.24) is 16.0 Å². The minimum absolute atomic E-state index is 0.0829. The van der Waals surface area contributed by atoms with Gasteiger partial charge < -0.3 is 26.4 Å². The molecule has 3 amide bonds. The van der Waals surface area contributed by atoms with Gasteiger partial charge in [0.2, 0.25) is 17.7 Å². The maximum absolute atomic E-state index is 13.1. The van der Waals surface area contributed by atoms with Gasteiger partial charge in [-0.05, 0) is 36.3 Å². The Morgan fingerprint density at radius 2 is 1.26 bits per heavy atom. The van der Waals surface area contributed by atoms with Crippen LogP contribution in [0.2, 0.25) is 0 Å². The molecule has 0 aliphatic rings. The average Bonchev–Trinajstić information content (AvgIpc) is 2.91. The van der Waals surface area contributed by atoms with Crippen LogP contribution in [0.25, 0.3) is 0 Å². The molecule has 0 fully saturated rings. The highest BCUT2D eigenvalue weighted by Crippen LogP contribution is 2.11. The van der Waals surface area contributed by atoms with Crippen molar-refractivity contribution < 1.29 is 23.9 Å². The first kappa shape index (κ1) is 31.5. The molecule has 5 N–H and O–H groups in total. The van der Waals surface area contributed by atoms with Crippen molar-refractivity contribution >= 4 is 23.7 Å². The lowest BCUT2D eigenvalue weighted by Gasteiger charge is -2.25. The maximum Gasteiger partial charge on any atom is 0.328 e. The van der Waals surface area contributed by atoms with E-state index in [4.69, 9.17) is 10.5 Å². The summed E-state index contributed by atoms with van der Waals surface area (Å²) in [6.45, 7) is 9.06. The Balaban J connectivity index is 2.06. The quantitative estimate of drug-likeness (QED) is 0.166. The molecule has 0 bridgehead atoms. The van der Waals surface area contributed by atoms with Gasteiger partial charge in [-0.25, -0.2) is 4.79 Å². The molecule has 0 saturated carbocycles. The van der Waals surface area contributed by atoms with Crippen LogP contribution in [0.4, 0.5) is 0 Å². The number of rotatable bonds is 14. The number of hydrogen-bond donors (Lipinski definition) is 4. The van der Waals surface area contributed by atoms with Crippen molar-refractivity contribution in [1.29, 1.82) is 0 Å². The second kappa shape index (κ2) is 15.6. The summed E-state index contributed by atoms with van der Waals surface area (Å²) in [5.41, 5.74) is 7.71. The van der Waals surface area contributed by atoms with Crippen LogP contribution in [-0.2, 0) is 36.9 Å². The molecule has 9 heteroatoms. The normalized spacial score (nSPS) is 14.2. The highest BCUT2D eigenvalue weighted by atomic mass is 16.5. The largest absolute Gasteiger partial charge is 0.459 e. The third kappa shape index (κ3) is 10.9. The van der Waals surface area contributed by atoms with Gasteiger partial charge in [0.05, 0.1) is 6.04 Å². The van der Waals surface area contributed by atoms with Crippen LogP contribution in [0, 0.1) is 17.8 Å². The van der Waals surface area contributed by atoms with Crippen LogP contribution >= 0.6 is 0 Å². The van der Waals surface area contributed by atoms with Crippen molar-refractivity contribution in [2.24, 2.45) is 23.5 Å². The molecule has 4 atom stereocenters. The molecule has 0 aromatic heterocycles. The van der Waals surface area contributed by atoms with Gasteiger partial charge in [0.1, 0.15) is 24.7 Å². The summed E-state index contributed by atoms with van der Waals surface area (Å²) in [4.78, 5) is 51.6. The number of carbonyl (C=O) groups excluding carboxylic acids is 4. The summed E-state index contributed by atoms with van der Waals surface area (Å²) >= 11 is 0. The number of ether oxygens (including phenoxy) is 1. The van der Waals surface area contributed by atoms with Crippen LogP contribution in [-0.4, -0.2) is 41.9 Å². The van der Waals surface area contributed by atoms with Crippen LogP contribution in [0.5, 0.6) is 0 Å². The first-order valence-corrected chi connectivity index (χ1v) is 13.4. The number of nitrogens with two attached hydrogens (primary N) is 1. The van der Waals surface area contributed by atoms with Crippen molar-refractivity contribution in [3.05, 3.63) is 71.8 Å². The molecular weight excluding hydrogens is 496 g/mol. The van der Waals surface area contributed by atoms with Gasteiger partial charge in [-0.15, -0.1) is 0 Å². The Morgan fingerprint density at radius 1 is 0.744 bits per heavy atom. The molecule has 9 nitrogen and oxygen atoms in total. The first-order valence-electron chi connectivity index (χ1n) is 13.4. The van der Waals surface area contributed by atoms with Gasteiger partial charge in [0.15, 0.2) is 0 Å². The minimum atomic E-state index is -1.13. The molecule has 2 aromatic rings. The fourth-order valence-electron chi connectivity index (χ4n) is 3.79. The summed E-state index contributed by atoms with van der Waals surface area (Å²) in [6.07, 6.45) is -0.123. The molecule has 212 valence electrons. The summed E-state index contributed by atoms with van der Waals surface area (Å²) in [7, 11) is 0. The molecule has 0 heterocycles. The molecule has 0 saturated heterocycles. The molecule has 0 aliphatic carbocycles. The molecule has 2 rings (SSSR count). The Labute approximate surface area is 231 Å². The fourth-order valence-corrected chi connectivity index (χ4v) is 3.79. The van der Waals surface area contributed by atoms with Crippen molar-refractivity contribution in [3.63, 3.8) is 0 Å². The smallest absolute Gasteiger partial charge is 0.328 e. The van der Waals surface area contributed by atoms with E-state index in [0.29, 0.717) is 12.8 Å². The predicted octanol–water partition coefficient (Wildman–Crippen LogP) is 2.68. The molecule has 0 aliphatic heterocycles. The molecule has 0 spiro atoms. The highest BCUT2D eigenvalue weighted by Gasteiger charge is 2.30.